The molecule has 3 aromatic heterocycles. The molecular weight excluding hydrogens is 399 g/mol. The van der Waals surface area contributed by atoms with Gasteiger partial charge in [-0.3, -0.25) is 4.31 Å². The Morgan fingerprint density at radius 1 is 1.39 bits per heavy atom. The van der Waals surface area contributed by atoms with Gasteiger partial charge in [-0.25, -0.2) is 23.3 Å². The van der Waals surface area contributed by atoms with Crippen molar-refractivity contribution in [2.75, 3.05) is 12.8 Å². The molecule has 10 heteroatoms. The summed E-state index contributed by atoms with van der Waals surface area (Å²) in [6, 6.07) is 6.90. The van der Waals surface area contributed by atoms with Gasteiger partial charge in [-0.2, -0.15) is 5.10 Å². The second-order valence-corrected chi connectivity index (χ2v) is 10.2. The van der Waals surface area contributed by atoms with Crippen molar-refractivity contribution in [2.45, 2.75) is 12.5 Å². The summed E-state index contributed by atoms with van der Waals surface area (Å²) >= 11 is 1.26. The molecule has 0 amide bonds. The summed E-state index contributed by atoms with van der Waals surface area (Å²) in [4.78, 5) is 9.83. The molecule has 0 bridgehead atoms. The van der Waals surface area contributed by atoms with Crippen LogP contribution in [0.2, 0.25) is 0 Å². The van der Waals surface area contributed by atoms with Crippen molar-refractivity contribution in [3.8, 4) is 16.3 Å². The highest BCUT2D eigenvalue weighted by atomic mass is 32.2. The molecule has 146 valence electrons. The maximum absolute atomic E-state index is 14.9. The van der Waals surface area contributed by atoms with Gasteiger partial charge >= 0.3 is 0 Å². The first-order chi connectivity index (χ1) is 13.2. The van der Waals surface area contributed by atoms with E-state index >= 15 is 0 Å². The highest BCUT2D eigenvalue weighted by Gasteiger charge is 2.40. The molecule has 1 unspecified atom stereocenters. The maximum Gasteiger partial charge on any atom is 0.203 e. The lowest BCUT2D eigenvalue weighted by molar-refractivity contribution is 0.493. The number of nitrogens with two attached hydrogens (primary N) is 1. The van der Waals surface area contributed by atoms with Crippen molar-refractivity contribution in [1.29, 1.82) is 0 Å². The summed E-state index contributed by atoms with van der Waals surface area (Å²) in [6.45, 7) is 1.73. The molecule has 0 radical (unpaired) electrons. The third-order valence-electron chi connectivity index (χ3n) is 4.63. The Balaban J connectivity index is 1.77. The van der Waals surface area contributed by atoms with E-state index in [-0.39, 0.29) is 11.7 Å². The highest BCUT2D eigenvalue weighted by Crippen LogP contribution is 2.41. The fourth-order valence-electron chi connectivity index (χ4n) is 3.16. The lowest BCUT2D eigenvalue weighted by Crippen LogP contribution is -2.50. The minimum atomic E-state index is -2.68. The van der Waals surface area contributed by atoms with E-state index in [0.29, 0.717) is 15.6 Å². The Labute approximate surface area is 166 Å². The van der Waals surface area contributed by atoms with E-state index in [4.69, 9.17) is 5.73 Å². The molecule has 0 saturated carbocycles. The Morgan fingerprint density at radius 2 is 2.18 bits per heavy atom. The SMILES string of the molecule is C=S1(=O)C[C@@](C)(c2sc(-c3ccnc(-n4cccn4)c3)cc2F)N=C(N)N1C. The number of pyridine rings is 1. The van der Waals surface area contributed by atoms with E-state index in [0.717, 1.165) is 5.56 Å². The fourth-order valence-corrected chi connectivity index (χ4v) is 6.03. The van der Waals surface area contributed by atoms with Crippen molar-refractivity contribution in [3.05, 3.63) is 53.6 Å². The Hall–Kier alpha value is -2.72. The molecule has 0 saturated heterocycles. The molecule has 2 atom stereocenters. The van der Waals surface area contributed by atoms with Gasteiger partial charge in [0.1, 0.15) is 11.4 Å². The molecule has 7 nitrogen and oxygen atoms in total. The first-order valence-corrected chi connectivity index (χ1v) is 11.1. The number of aromatic nitrogens is 3. The predicted octanol–water partition coefficient (Wildman–Crippen LogP) is 2.24. The van der Waals surface area contributed by atoms with Gasteiger partial charge in [-0.1, -0.05) is 0 Å². The summed E-state index contributed by atoms with van der Waals surface area (Å²) in [6.07, 6.45) is 5.10. The number of rotatable bonds is 3. The van der Waals surface area contributed by atoms with E-state index in [9.17, 15) is 8.60 Å². The third-order valence-corrected chi connectivity index (χ3v) is 8.25. The number of aliphatic imine (C=N–C) groups is 1. The van der Waals surface area contributed by atoms with E-state index < -0.39 is 21.1 Å². The lowest BCUT2D eigenvalue weighted by Gasteiger charge is -2.36. The second kappa shape index (κ2) is 6.42. The predicted molar refractivity (Wildman–Crippen MR) is 111 cm³/mol. The van der Waals surface area contributed by atoms with Gasteiger partial charge in [-0.05, 0) is 42.6 Å². The number of hydrogen-bond donors (Lipinski definition) is 1. The Kier molecular flexibility index (Phi) is 4.27. The van der Waals surface area contributed by atoms with Crippen molar-refractivity contribution in [1.82, 2.24) is 19.1 Å². The maximum atomic E-state index is 14.9. The van der Waals surface area contributed by atoms with Gasteiger partial charge in [-0.15, -0.1) is 11.3 Å². The van der Waals surface area contributed by atoms with Gasteiger partial charge < -0.3 is 5.73 Å². The zero-order chi connectivity index (χ0) is 20.1. The van der Waals surface area contributed by atoms with Gasteiger partial charge in [0.05, 0.1) is 20.3 Å². The second-order valence-electron chi connectivity index (χ2n) is 6.80. The van der Waals surface area contributed by atoms with Crippen LogP contribution in [0.3, 0.4) is 0 Å². The van der Waals surface area contributed by atoms with Gasteiger partial charge in [0.25, 0.3) is 0 Å². The summed E-state index contributed by atoms with van der Waals surface area (Å²) < 4.78 is 30.7. The Morgan fingerprint density at radius 3 is 2.86 bits per heavy atom. The average molecular weight is 419 g/mol. The van der Waals surface area contributed by atoms with E-state index in [1.54, 1.807) is 49.4 Å². The number of halogens is 1. The smallest absolute Gasteiger partial charge is 0.203 e. The molecule has 0 spiro atoms. The molecule has 0 aromatic carbocycles. The lowest BCUT2D eigenvalue weighted by atomic mass is 10.0. The minimum Gasteiger partial charge on any atom is -0.369 e. The number of hydrogen-bond acceptors (Lipinski definition) is 6. The summed E-state index contributed by atoms with van der Waals surface area (Å²) in [5.41, 5.74) is 5.69. The molecular formula is C18H19FN6OS2. The summed E-state index contributed by atoms with van der Waals surface area (Å²) in [5.74, 6) is 4.18. The van der Waals surface area contributed by atoms with Crippen LogP contribution in [0.1, 0.15) is 11.8 Å². The molecule has 1 aliphatic rings. The van der Waals surface area contributed by atoms with E-state index in [1.165, 1.54) is 21.7 Å². The number of guanidine groups is 1. The molecule has 3 aromatic rings. The van der Waals surface area contributed by atoms with Crippen LogP contribution < -0.4 is 5.73 Å². The molecule has 28 heavy (non-hydrogen) atoms. The molecule has 2 N–H and O–H groups in total. The van der Waals surface area contributed by atoms with Crippen molar-refractivity contribution >= 4 is 32.9 Å². The monoisotopic (exact) mass is 418 g/mol. The van der Waals surface area contributed by atoms with Crippen molar-refractivity contribution < 1.29 is 8.60 Å². The molecule has 4 rings (SSSR count). The molecule has 4 heterocycles. The normalized spacial score (nSPS) is 25.0. The van der Waals surface area contributed by atoms with Gasteiger partial charge in [0.2, 0.25) is 5.96 Å². The fraction of sp³-hybridized carbons (Fsp3) is 0.222. The van der Waals surface area contributed by atoms with Crippen LogP contribution in [0, 0.1) is 5.82 Å². The minimum absolute atomic E-state index is 0.0863. The van der Waals surface area contributed by atoms with Crippen LogP contribution in [0.15, 0.2) is 47.8 Å². The highest BCUT2D eigenvalue weighted by molar-refractivity contribution is 7.98. The van der Waals surface area contributed by atoms with Crippen LogP contribution in [-0.2, 0) is 15.2 Å². The van der Waals surface area contributed by atoms with Crippen LogP contribution in [0.5, 0.6) is 0 Å². The topological polar surface area (TPSA) is 89.4 Å². The summed E-state index contributed by atoms with van der Waals surface area (Å²) in [5, 5.41) is 4.17. The first-order valence-electron chi connectivity index (χ1n) is 8.40. The van der Waals surface area contributed by atoms with Crippen LogP contribution in [0.4, 0.5) is 4.39 Å². The standard InChI is InChI=1S/C18H19FN6OS2/c1-18(11-28(3,26)24(2)17(20)23-18)16-13(19)10-14(27-16)12-5-7-21-15(9-12)25-8-4-6-22-25/h4-10H,3,11H2,1-2H3,(H2,20,23)/t18-,28?/m0/s1. The van der Waals surface area contributed by atoms with Crippen molar-refractivity contribution in [2.24, 2.45) is 10.7 Å². The van der Waals surface area contributed by atoms with E-state index in [2.05, 4.69) is 20.9 Å². The van der Waals surface area contributed by atoms with Crippen LogP contribution >= 0.6 is 11.3 Å². The molecule has 0 aliphatic carbocycles. The third kappa shape index (κ3) is 3.08. The zero-order valence-corrected chi connectivity index (χ0v) is 17.0. The largest absolute Gasteiger partial charge is 0.369 e. The number of nitrogens with zero attached hydrogens (tertiary/aromatic N) is 5. The van der Waals surface area contributed by atoms with Crippen LogP contribution in [0.25, 0.3) is 16.3 Å². The average Bonchev–Trinajstić information content (AvgIpc) is 3.29. The Bertz CT molecular complexity index is 1170. The quantitative estimate of drug-likeness (QED) is 0.661. The van der Waals surface area contributed by atoms with Gasteiger partial charge in [0.15, 0.2) is 5.82 Å². The molecule has 1 aliphatic heterocycles. The first kappa shape index (κ1) is 18.6. The summed E-state index contributed by atoms with van der Waals surface area (Å²) in [7, 11) is -1.10. The molecule has 0 fully saturated rings. The van der Waals surface area contributed by atoms with Crippen molar-refractivity contribution in [3.63, 3.8) is 0 Å². The van der Waals surface area contributed by atoms with Crippen LogP contribution in [-0.4, -0.2) is 47.9 Å². The van der Waals surface area contributed by atoms with E-state index in [1.807, 2.05) is 6.07 Å². The zero-order valence-electron chi connectivity index (χ0n) is 15.4. The number of thiophene rings is 1. The van der Waals surface area contributed by atoms with Gasteiger partial charge in [0, 0.05) is 30.5 Å².